The standard InChI is InChI=1S/C19H28N4S/c1-16-10-11-18(24-16)14-22-19(20-2)21-12-7-13-23(3)15-17-8-5-4-6-9-17/h4-6,8-11H,7,12-15H2,1-3H3,(H2,20,21,22). The van der Waals surface area contributed by atoms with Gasteiger partial charge in [-0.3, -0.25) is 4.99 Å². The molecule has 2 N–H and O–H groups in total. The number of rotatable bonds is 8. The molecule has 0 radical (unpaired) electrons. The third-order valence-corrected chi connectivity index (χ3v) is 4.75. The first-order chi connectivity index (χ1) is 11.7. The summed E-state index contributed by atoms with van der Waals surface area (Å²) in [6.45, 7) is 5.93. The van der Waals surface area contributed by atoms with Gasteiger partial charge >= 0.3 is 0 Å². The average Bonchev–Trinajstić information content (AvgIpc) is 3.00. The molecule has 0 aliphatic rings. The van der Waals surface area contributed by atoms with Crippen molar-refractivity contribution in [2.24, 2.45) is 4.99 Å². The maximum Gasteiger partial charge on any atom is 0.191 e. The van der Waals surface area contributed by atoms with Crippen molar-refractivity contribution in [3.63, 3.8) is 0 Å². The van der Waals surface area contributed by atoms with Crippen molar-refractivity contribution in [2.45, 2.75) is 26.4 Å². The molecular weight excluding hydrogens is 316 g/mol. The van der Waals surface area contributed by atoms with Gasteiger partial charge in [-0.15, -0.1) is 11.3 Å². The molecule has 0 atom stereocenters. The van der Waals surface area contributed by atoms with Gasteiger partial charge in [-0.2, -0.15) is 0 Å². The van der Waals surface area contributed by atoms with Gasteiger partial charge in [0, 0.05) is 29.9 Å². The van der Waals surface area contributed by atoms with E-state index in [4.69, 9.17) is 0 Å². The first-order valence-electron chi connectivity index (χ1n) is 8.39. The zero-order chi connectivity index (χ0) is 17.2. The highest BCUT2D eigenvalue weighted by molar-refractivity contribution is 7.11. The summed E-state index contributed by atoms with van der Waals surface area (Å²) in [6.07, 6.45) is 1.09. The maximum absolute atomic E-state index is 4.28. The lowest BCUT2D eigenvalue weighted by Gasteiger charge is -2.17. The summed E-state index contributed by atoms with van der Waals surface area (Å²) in [5.41, 5.74) is 1.36. The fourth-order valence-corrected chi connectivity index (χ4v) is 3.33. The minimum absolute atomic E-state index is 0.825. The highest BCUT2D eigenvalue weighted by Crippen LogP contribution is 2.14. The molecule has 24 heavy (non-hydrogen) atoms. The van der Waals surface area contributed by atoms with Crippen LogP contribution in [-0.2, 0) is 13.1 Å². The summed E-state index contributed by atoms with van der Waals surface area (Å²) in [6, 6.07) is 14.9. The number of hydrogen-bond acceptors (Lipinski definition) is 3. The van der Waals surface area contributed by atoms with E-state index in [0.29, 0.717) is 0 Å². The molecule has 130 valence electrons. The predicted octanol–water partition coefficient (Wildman–Crippen LogP) is 3.24. The Balaban J connectivity index is 1.61. The number of nitrogens with zero attached hydrogens (tertiary/aromatic N) is 2. The molecule has 4 nitrogen and oxygen atoms in total. The van der Waals surface area contributed by atoms with Gasteiger partial charge in [-0.05, 0) is 44.6 Å². The number of nitrogens with one attached hydrogen (secondary N) is 2. The van der Waals surface area contributed by atoms with Gasteiger partial charge in [-0.1, -0.05) is 30.3 Å². The zero-order valence-electron chi connectivity index (χ0n) is 14.9. The Morgan fingerprint density at radius 2 is 1.92 bits per heavy atom. The Labute approximate surface area is 149 Å². The number of thiophene rings is 1. The van der Waals surface area contributed by atoms with Crippen molar-refractivity contribution in [3.8, 4) is 0 Å². The van der Waals surface area contributed by atoms with Crippen LogP contribution in [0.15, 0.2) is 47.5 Å². The minimum Gasteiger partial charge on any atom is -0.356 e. The second-order valence-electron chi connectivity index (χ2n) is 5.94. The third kappa shape index (κ3) is 6.72. The molecular formula is C19H28N4S. The van der Waals surface area contributed by atoms with Crippen molar-refractivity contribution in [1.82, 2.24) is 15.5 Å². The Morgan fingerprint density at radius 1 is 1.12 bits per heavy atom. The van der Waals surface area contributed by atoms with Gasteiger partial charge in [0.2, 0.25) is 0 Å². The lowest BCUT2D eigenvalue weighted by molar-refractivity contribution is 0.322. The molecule has 2 rings (SSSR count). The minimum atomic E-state index is 0.825. The normalized spacial score (nSPS) is 11.8. The van der Waals surface area contributed by atoms with Gasteiger partial charge < -0.3 is 15.5 Å². The molecule has 1 heterocycles. The van der Waals surface area contributed by atoms with E-state index in [2.05, 4.69) is 77.0 Å². The first-order valence-corrected chi connectivity index (χ1v) is 9.21. The number of benzene rings is 1. The van der Waals surface area contributed by atoms with Crippen molar-refractivity contribution in [2.75, 3.05) is 27.2 Å². The Bertz CT molecular complexity index is 621. The summed E-state index contributed by atoms with van der Waals surface area (Å²) in [4.78, 5) is 9.30. The van der Waals surface area contributed by atoms with Crippen molar-refractivity contribution >= 4 is 17.3 Å². The van der Waals surface area contributed by atoms with E-state index in [9.17, 15) is 0 Å². The monoisotopic (exact) mass is 344 g/mol. The highest BCUT2D eigenvalue weighted by atomic mass is 32.1. The van der Waals surface area contributed by atoms with Crippen molar-refractivity contribution < 1.29 is 0 Å². The summed E-state index contributed by atoms with van der Waals surface area (Å²) < 4.78 is 0. The molecule has 0 bridgehead atoms. The van der Waals surface area contributed by atoms with Gasteiger partial charge in [0.15, 0.2) is 5.96 Å². The van der Waals surface area contributed by atoms with E-state index < -0.39 is 0 Å². The summed E-state index contributed by atoms with van der Waals surface area (Å²) in [5.74, 6) is 0.867. The lowest BCUT2D eigenvalue weighted by Crippen LogP contribution is -2.38. The second-order valence-corrected chi connectivity index (χ2v) is 7.31. The van der Waals surface area contributed by atoms with Crippen LogP contribution in [0.5, 0.6) is 0 Å². The first kappa shape index (κ1) is 18.5. The predicted molar refractivity (Wildman–Crippen MR) is 105 cm³/mol. The van der Waals surface area contributed by atoms with Gasteiger partial charge in [0.05, 0.1) is 6.54 Å². The van der Waals surface area contributed by atoms with E-state index in [-0.39, 0.29) is 0 Å². The molecule has 0 aliphatic carbocycles. The van der Waals surface area contributed by atoms with E-state index >= 15 is 0 Å². The van der Waals surface area contributed by atoms with Crippen LogP contribution >= 0.6 is 11.3 Å². The van der Waals surface area contributed by atoms with Crippen LogP contribution in [0.4, 0.5) is 0 Å². The molecule has 0 saturated carbocycles. The lowest BCUT2D eigenvalue weighted by atomic mass is 10.2. The van der Waals surface area contributed by atoms with Crippen LogP contribution in [0.2, 0.25) is 0 Å². The van der Waals surface area contributed by atoms with Crippen molar-refractivity contribution in [3.05, 3.63) is 57.8 Å². The summed E-state index contributed by atoms with van der Waals surface area (Å²) >= 11 is 1.82. The van der Waals surface area contributed by atoms with Gasteiger partial charge in [0.1, 0.15) is 0 Å². The Hall–Kier alpha value is -1.85. The molecule has 0 aliphatic heterocycles. The van der Waals surface area contributed by atoms with E-state index in [1.54, 1.807) is 0 Å². The smallest absolute Gasteiger partial charge is 0.191 e. The van der Waals surface area contributed by atoms with Crippen LogP contribution in [0, 0.1) is 6.92 Å². The number of aryl methyl sites for hydroxylation is 1. The van der Waals surface area contributed by atoms with Crippen LogP contribution in [0.1, 0.15) is 21.7 Å². The SMILES string of the molecule is CN=C(NCCCN(C)Cc1ccccc1)NCc1ccc(C)s1. The van der Waals surface area contributed by atoms with Crippen molar-refractivity contribution in [1.29, 1.82) is 0 Å². The fraction of sp³-hybridized carbons (Fsp3) is 0.421. The van der Waals surface area contributed by atoms with Gasteiger partial charge in [0.25, 0.3) is 0 Å². The molecule has 1 aromatic heterocycles. The number of hydrogen-bond donors (Lipinski definition) is 2. The Morgan fingerprint density at radius 3 is 2.58 bits per heavy atom. The van der Waals surface area contributed by atoms with E-state index in [1.807, 2.05) is 18.4 Å². The van der Waals surface area contributed by atoms with Gasteiger partial charge in [-0.25, -0.2) is 0 Å². The van der Waals surface area contributed by atoms with Crippen LogP contribution < -0.4 is 10.6 Å². The quantitative estimate of drug-likeness (QED) is 0.439. The molecule has 1 aromatic carbocycles. The molecule has 0 saturated heterocycles. The van der Waals surface area contributed by atoms with Crippen LogP contribution in [-0.4, -0.2) is 38.0 Å². The molecule has 5 heteroatoms. The van der Waals surface area contributed by atoms with Crippen LogP contribution in [0.3, 0.4) is 0 Å². The third-order valence-electron chi connectivity index (χ3n) is 3.75. The molecule has 2 aromatic rings. The molecule has 0 spiro atoms. The molecule has 0 fully saturated rings. The Kier molecular flexibility index (Phi) is 7.79. The number of aliphatic imine (C=N–C) groups is 1. The van der Waals surface area contributed by atoms with E-state index in [1.165, 1.54) is 15.3 Å². The second kappa shape index (κ2) is 10.1. The highest BCUT2D eigenvalue weighted by Gasteiger charge is 2.02. The van der Waals surface area contributed by atoms with Crippen LogP contribution in [0.25, 0.3) is 0 Å². The fourth-order valence-electron chi connectivity index (χ4n) is 2.50. The summed E-state index contributed by atoms with van der Waals surface area (Å²) in [5, 5.41) is 6.75. The number of guanidine groups is 1. The molecule has 0 amide bonds. The van der Waals surface area contributed by atoms with E-state index in [0.717, 1.165) is 38.6 Å². The summed E-state index contributed by atoms with van der Waals surface area (Å²) in [7, 11) is 3.98. The largest absolute Gasteiger partial charge is 0.356 e. The molecule has 0 unspecified atom stereocenters. The zero-order valence-corrected chi connectivity index (χ0v) is 15.7. The maximum atomic E-state index is 4.28. The topological polar surface area (TPSA) is 39.7 Å². The average molecular weight is 345 g/mol.